The van der Waals surface area contributed by atoms with E-state index < -0.39 is 0 Å². The number of allylic oxidation sites excluding steroid dienone is 4. The third kappa shape index (κ3) is 1.41. The van der Waals surface area contributed by atoms with Crippen molar-refractivity contribution in [3.8, 4) is 0 Å². The van der Waals surface area contributed by atoms with Gasteiger partial charge in [-0.3, -0.25) is 6.08 Å². The van der Waals surface area contributed by atoms with Crippen LogP contribution in [0.2, 0.25) is 0 Å². The van der Waals surface area contributed by atoms with Gasteiger partial charge in [0.1, 0.15) is 0 Å². The largest absolute Gasteiger partial charge is 1.00 e. The second-order valence-corrected chi connectivity index (χ2v) is 4.01. The van der Waals surface area contributed by atoms with Gasteiger partial charge in [0.05, 0.1) is 0 Å². The van der Waals surface area contributed by atoms with E-state index in [2.05, 4.69) is 32.1 Å². The van der Waals surface area contributed by atoms with E-state index >= 15 is 0 Å². The van der Waals surface area contributed by atoms with Gasteiger partial charge in [-0.25, -0.2) is 11.6 Å². The number of hydrogen-bond donors (Lipinski definition) is 0. The Labute approximate surface area is 87.1 Å². The fourth-order valence-electron chi connectivity index (χ4n) is 2.04. The van der Waals surface area contributed by atoms with Crippen LogP contribution in [0.5, 0.6) is 0 Å². The Morgan fingerprint density at radius 1 is 1.50 bits per heavy atom. The second kappa shape index (κ2) is 3.39. The van der Waals surface area contributed by atoms with Gasteiger partial charge in [0.15, 0.2) is 0 Å². The Bertz CT molecular complexity index is 224. The van der Waals surface area contributed by atoms with E-state index in [1.54, 1.807) is 0 Å². The van der Waals surface area contributed by atoms with Gasteiger partial charge in [0.25, 0.3) is 0 Å². The molecule has 0 N–H and O–H groups in total. The van der Waals surface area contributed by atoms with Crippen LogP contribution in [0.1, 0.15) is 34.5 Å². The van der Waals surface area contributed by atoms with Crippen LogP contribution < -0.4 is 0 Å². The third-order valence-corrected chi connectivity index (χ3v) is 3.13. The average Bonchev–Trinajstić information content (AvgIpc) is 2.61. The Kier molecular flexibility index (Phi) is 2.85. The number of hydrogen-bond acceptors (Lipinski definition) is 0. The summed E-state index contributed by atoms with van der Waals surface area (Å²) >= 11 is 0. The molecule has 0 aromatic heterocycles. The van der Waals surface area contributed by atoms with Crippen LogP contribution in [0.3, 0.4) is 0 Å². The summed E-state index contributed by atoms with van der Waals surface area (Å²) in [4.78, 5) is 0. The first-order valence-corrected chi connectivity index (χ1v) is 4.53. The average molecular weight is 203 g/mol. The van der Waals surface area contributed by atoms with E-state index in [0.717, 1.165) is 12.3 Å². The van der Waals surface area contributed by atoms with Crippen molar-refractivity contribution < 1.29 is 18.5 Å². The van der Waals surface area contributed by atoms with E-state index in [1.807, 2.05) is 0 Å². The van der Waals surface area contributed by atoms with Crippen LogP contribution >= 0.6 is 0 Å². The SMILES string of the molecule is CC(C)C1(C2=[C-]CC=C2)CC1.[H-].[Mn]. The third-order valence-electron chi connectivity index (χ3n) is 3.13. The molecule has 0 aliphatic heterocycles. The fourth-order valence-corrected chi connectivity index (χ4v) is 2.04. The van der Waals surface area contributed by atoms with Crippen LogP contribution in [0, 0.1) is 17.4 Å². The van der Waals surface area contributed by atoms with Crippen molar-refractivity contribution in [3.05, 3.63) is 23.8 Å². The van der Waals surface area contributed by atoms with Crippen molar-refractivity contribution in [2.45, 2.75) is 33.1 Å². The first-order chi connectivity index (χ1) is 5.26. The minimum absolute atomic E-state index is 0. The summed E-state index contributed by atoms with van der Waals surface area (Å²) in [6, 6.07) is 0. The van der Waals surface area contributed by atoms with E-state index in [4.69, 9.17) is 0 Å². The van der Waals surface area contributed by atoms with Crippen LogP contribution in [0.15, 0.2) is 17.7 Å². The van der Waals surface area contributed by atoms with Crippen LogP contribution in [-0.2, 0) is 17.1 Å². The van der Waals surface area contributed by atoms with Crippen LogP contribution in [0.25, 0.3) is 0 Å². The Hall–Kier alpha value is -0.000519. The zero-order valence-electron chi connectivity index (χ0n) is 8.73. The van der Waals surface area contributed by atoms with E-state index in [9.17, 15) is 0 Å². The molecule has 0 saturated heterocycles. The summed E-state index contributed by atoms with van der Waals surface area (Å²) in [5.41, 5.74) is 2.04. The minimum atomic E-state index is 0. The monoisotopic (exact) mass is 203 g/mol. The van der Waals surface area contributed by atoms with Gasteiger partial charge in [-0.1, -0.05) is 13.8 Å². The molecule has 69 valence electrons. The maximum Gasteiger partial charge on any atom is 0 e. The van der Waals surface area contributed by atoms with Crippen molar-refractivity contribution in [1.29, 1.82) is 0 Å². The number of rotatable bonds is 2. The van der Waals surface area contributed by atoms with Gasteiger partial charge in [0.2, 0.25) is 0 Å². The first kappa shape index (κ1) is 10.1. The summed E-state index contributed by atoms with van der Waals surface area (Å²) in [6.07, 6.45) is 11.8. The fraction of sp³-hybridized carbons (Fsp3) is 0.636. The summed E-state index contributed by atoms with van der Waals surface area (Å²) in [6.45, 7) is 4.65. The van der Waals surface area contributed by atoms with Crippen molar-refractivity contribution in [2.24, 2.45) is 11.3 Å². The smallest absolute Gasteiger partial charge is 0 e. The zero-order chi connectivity index (χ0) is 7.90. The quantitative estimate of drug-likeness (QED) is 0.477. The second-order valence-electron chi connectivity index (χ2n) is 4.01. The first-order valence-electron chi connectivity index (χ1n) is 4.53. The van der Waals surface area contributed by atoms with Gasteiger partial charge < -0.3 is 1.43 Å². The molecule has 1 radical (unpaired) electrons. The van der Waals surface area contributed by atoms with Crippen molar-refractivity contribution in [1.82, 2.24) is 0 Å². The van der Waals surface area contributed by atoms with E-state index in [0.29, 0.717) is 5.41 Å². The molecule has 0 aromatic carbocycles. The Balaban J connectivity index is 0.000000720. The summed E-state index contributed by atoms with van der Waals surface area (Å²) in [7, 11) is 0. The predicted molar refractivity (Wildman–Crippen MR) is 48.1 cm³/mol. The van der Waals surface area contributed by atoms with Gasteiger partial charge in [0, 0.05) is 17.1 Å². The molecule has 2 rings (SSSR count). The topological polar surface area (TPSA) is 0 Å². The molecule has 0 spiro atoms. The van der Waals surface area contributed by atoms with Gasteiger partial charge in [-0.05, 0) is 24.2 Å². The maximum atomic E-state index is 3.45. The molecule has 1 fully saturated rings. The molecule has 12 heavy (non-hydrogen) atoms. The van der Waals surface area contributed by atoms with E-state index in [-0.39, 0.29) is 18.5 Å². The van der Waals surface area contributed by atoms with Crippen LogP contribution in [0.4, 0.5) is 0 Å². The molecule has 0 bridgehead atoms. The zero-order valence-corrected chi connectivity index (χ0v) is 8.91. The van der Waals surface area contributed by atoms with Crippen molar-refractivity contribution in [3.63, 3.8) is 0 Å². The molecule has 0 amide bonds. The molecule has 0 unspecified atom stereocenters. The molecule has 2 aliphatic rings. The van der Waals surface area contributed by atoms with Gasteiger partial charge >= 0.3 is 0 Å². The van der Waals surface area contributed by atoms with Gasteiger partial charge in [-0.2, -0.15) is 6.08 Å². The molecular weight excluding hydrogens is 187 g/mol. The minimum Gasteiger partial charge on any atom is -1.00 e. The predicted octanol–water partition coefficient (Wildman–Crippen LogP) is 3.22. The molecule has 1 saturated carbocycles. The summed E-state index contributed by atoms with van der Waals surface area (Å²) < 4.78 is 0. The van der Waals surface area contributed by atoms with Crippen LogP contribution in [-0.4, -0.2) is 0 Å². The standard InChI is InChI=1S/C11H15.Mn.H/c1-9(2)11(7-8-11)10-5-3-4-6-10;;/h3,5,9H,4,7-8H2,1-2H3;;/q-1;;-1. The Morgan fingerprint density at radius 3 is 2.50 bits per heavy atom. The molecule has 0 nitrogen and oxygen atoms in total. The molecule has 0 heterocycles. The maximum absolute atomic E-state index is 3.45. The Morgan fingerprint density at radius 2 is 2.17 bits per heavy atom. The molecule has 2 aliphatic carbocycles. The summed E-state index contributed by atoms with van der Waals surface area (Å²) in [5.74, 6) is 0.799. The molecule has 0 aromatic rings. The van der Waals surface area contributed by atoms with Crippen molar-refractivity contribution >= 4 is 0 Å². The van der Waals surface area contributed by atoms with E-state index in [1.165, 1.54) is 18.4 Å². The summed E-state index contributed by atoms with van der Waals surface area (Å²) in [5, 5.41) is 0. The normalized spacial score (nSPS) is 23.8. The molecule has 0 atom stereocenters. The van der Waals surface area contributed by atoms with Crippen molar-refractivity contribution in [2.75, 3.05) is 0 Å². The van der Waals surface area contributed by atoms with Gasteiger partial charge in [-0.15, -0.1) is 6.42 Å². The molecular formula is C11H16Mn-2. The molecule has 1 heteroatoms.